The van der Waals surface area contributed by atoms with Gasteiger partial charge in [-0.25, -0.2) is 4.79 Å². The molecule has 9 heteroatoms. The molecule has 178 valence electrons. The van der Waals surface area contributed by atoms with Crippen LogP contribution in [-0.2, 0) is 19.1 Å². The minimum Gasteiger partial charge on any atom is -0.410 e. The highest BCUT2D eigenvalue weighted by molar-refractivity contribution is 5.70. The summed E-state index contributed by atoms with van der Waals surface area (Å²) in [6.07, 6.45) is -3.58. The van der Waals surface area contributed by atoms with Crippen LogP contribution in [-0.4, -0.2) is 52.0 Å². The number of carbonyl (C=O) groups excluding carboxylic acids is 1. The summed E-state index contributed by atoms with van der Waals surface area (Å²) in [5, 5.41) is 0. The van der Waals surface area contributed by atoms with Crippen molar-refractivity contribution in [3.63, 3.8) is 0 Å². The predicted octanol–water partition coefficient (Wildman–Crippen LogP) is 4.71. The maximum Gasteiger partial charge on any atom is 0.417 e. The Hall–Kier alpha value is -3.46. The topological polar surface area (TPSA) is 58.6 Å². The summed E-state index contributed by atoms with van der Waals surface area (Å²) in [4.78, 5) is 24.9. The van der Waals surface area contributed by atoms with Crippen molar-refractivity contribution >= 4 is 6.09 Å². The second-order valence-electron chi connectivity index (χ2n) is 8.26. The zero-order valence-corrected chi connectivity index (χ0v) is 18.8. The summed E-state index contributed by atoms with van der Waals surface area (Å²) < 4.78 is 43.5. The van der Waals surface area contributed by atoms with Crippen LogP contribution in [0.1, 0.15) is 28.2 Å². The second-order valence-corrected chi connectivity index (χ2v) is 8.26. The molecule has 1 aromatic carbocycles. The molecule has 2 aromatic heterocycles. The molecule has 0 spiro atoms. The Kier molecular flexibility index (Phi) is 7.12. The molecule has 3 heterocycles. The lowest BCUT2D eigenvalue weighted by Gasteiger charge is -2.33. The van der Waals surface area contributed by atoms with Gasteiger partial charge in [0.2, 0.25) is 0 Å². The van der Waals surface area contributed by atoms with Crippen molar-refractivity contribution < 1.29 is 22.7 Å². The Labute approximate surface area is 196 Å². The molecular formula is C25H25F3N4O2. The maximum atomic E-state index is 12.7. The van der Waals surface area contributed by atoms with Gasteiger partial charge in [-0.2, -0.15) is 13.2 Å². The number of carbonyl (C=O) groups is 1. The molecule has 0 saturated carbocycles. The molecule has 0 aliphatic carbocycles. The van der Waals surface area contributed by atoms with Crippen LogP contribution in [0.4, 0.5) is 18.0 Å². The summed E-state index contributed by atoms with van der Waals surface area (Å²) in [6, 6.07) is 15.3. The molecule has 1 aliphatic rings. The van der Waals surface area contributed by atoms with E-state index in [2.05, 4.69) is 14.9 Å². The molecule has 0 bridgehead atoms. The molecule has 0 atom stereocenters. The normalized spacial score (nSPS) is 14.8. The van der Waals surface area contributed by atoms with Crippen molar-refractivity contribution in [2.24, 2.45) is 0 Å². The van der Waals surface area contributed by atoms with E-state index in [0.29, 0.717) is 31.0 Å². The van der Waals surface area contributed by atoms with Crippen molar-refractivity contribution in [3.8, 4) is 5.75 Å². The van der Waals surface area contributed by atoms with Crippen LogP contribution in [0, 0.1) is 6.92 Å². The van der Waals surface area contributed by atoms with Gasteiger partial charge >= 0.3 is 12.3 Å². The summed E-state index contributed by atoms with van der Waals surface area (Å²) in [7, 11) is 0. The van der Waals surface area contributed by atoms with Crippen LogP contribution in [0.5, 0.6) is 5.75 Å². The molecule has 0 unspecified atom stereocenters. The van der Waals surface area contributed by atoms with Crippen molar-refractivity contribution in [1.29, 1.82) is 0 Å². The molecule has 0 N–H and O–H groups in total. The number of nitrogens with zero attached hydrogens (tertiary/aromatic N) is 4. The van der Waals surface area contributed by atoms with Gasteiger partial charge in [-0.1, -0.05) is 18.2 Å². The maximum absolute atomic E-state index is 12.7. The first kappa shape index (κ1) is 23.7. The van der Waals surface area contributed by atoms with E-state index >= 15 is 0 Å². The van der Waals surface area contributed by atoms with Crippen molar-refractivity contribution in [2.45, 2.75) is 26.1 Å². The van der Waals surface area contributed by atoms with Gasteiger partial charge in [0.1, 0.15) is 5.75 Å². The third-order valence-electron chi connectivity index (χ3n) is 5.63. The monoisotopic (exact) mass is 470 g/mol. The summed E-state index contributed by atoms with van der Waals surface area (Å²) >= 11 is 0. The quantitative estimate of drug-likeness (QED) is 0.541. The van der Waals surface area contributed by atoms with Gasteiger partial charge < -0.3 is 9.64 Å². The summed E-state index contributed by atoms with van der Waals surface area (Å²) in [5.74, 6) is 0.417. The number of benzene rings is 1. The number of amides is 1. The zero-order chi connectivity index (χ0) is 24.1. The average molecular weight is 470 g/mol. The van der Waals surface area contributed by atoms with Crippen LogP contribution in [0.2, 0.25) is 0 Å². The molecule has 4 rings (SSSR count). The van der Waals surface area contributed by atoms with Gasteiger partial charge in [0.25, 0.3) is 0 Å². The number of halogens is 3. The molecule has 1 amide bonds. The number of alkyl halides is 3. The van der Waals surface area contributed by atoms with Gasteiger partial charge in [0.15, 0.2) is 0 Å². The van der Waals surface area contributed by atoms with E-state index in [-0.39, 0.29) is 0 Å². The smallest absolute Gasteiger partial charge is 0.410 e. The number of aryl methyl sites for hydroxylation is 1. The largest absolute Gasteiger partial charge is 0.417 e. The minimum absolute atomic E-state index is 0.379. The van der Waals surface area contributed by atoms with E-state index in [0.717, 1.165) is 48.8 Å². The molecule has 1 fully saturated rings. The first-order valence-corrected chi connectivity index (χ1v) is 11.0. The lowest BCUT2D eigenvalue weighted by atomic mass is 10.1. The SMILES string of the molecule is Cc1cccc(CN2CCN(C(=O)Oc3ccc(Cc4ccc(C(F)(F)F)cn4)cc3)CC2)n1. The van der Waals surface area contributed by atoms with Gasteiger partial charge in [-0.15, -0.1) is 0 Å². The molecule has 3 aromatic rings. The van der Waals surface area contributed by atoms with Crippen LogP contribution in [0.3, 0.4) is 0 Å². The number of pyridine rings is 2. The highest BCUT2D eigenvalue weighted by atomic mass is 19.4. The van der Waals surface area contributed by atoms with Gasteiger partial charge in [-0.05, 0) is 48.9 Å². The van der Waals surface area contributed by atoms with Gasteiger partial charge in [-0.3, -0.25) is 14.9 Å². The van der Waals surface area contributed by atoms with Crippen LogP contribution in [0.25, 0.3) is 0 Å². The van der Waals surface area contributed by atoms with E-state index in [9.17, 15) is 18.0 Å². The Morgan fingerprint density at radius 3 is 2.32 bits per heavy atom. The fourth-order valence-electron chi connectivity index (χ4n) is 3.75. The van der Waals surface area contributed by atoms with E-state index < -0.39 is 17.8 Å². The van der Waals surface area contributed by atoms with Crippen molar-refractivity contribution in [2.75, 3.05) is 26.2 Å². The van der Waals surface area contributed by atoms with Gasteiger partial charge in [0.05, 0.1) is 11.3 Å². The molecular weight excluding hydrogens is 445 g/mol. The molecule has 6 nitrogen and oxygen atoms in total. The number of aromatic nitrogens is 2. The fraction of sp³-hybridized carbons (Fsp3) is 0.320. The van der Waals surface area contributed by atoms with Crippen LogP contribution in [0.15, 0.2) is 60.8 Å². The summed E-state index contributed by atoms with van der Waals surface area (Å²) in [6.45, 7) is 5.34. The van der Waals surface area contributed by atoms with Crippen LogP contribution < -0.4 is 4.74 Å². The Morgan fingerprint density at radius 2 is 1.71 bits per heavy atom. The summed E-state index contributed by atoms with van der Waals surface area (Å²) in [5.41, 5.74) is 2.61. The fourth-order valence-corrected chi connectivity index (χ4v) is 3.75. The standard InChI is InChI=1S/C25H25F3N4O2/c1-18-3-2-4-22(30-18)17-31-11-13-32(14-12-31)24(33)34-23-9-5-19(6-10-23)15-21-8-7-20(16-29-21)25(26,27)28/h2-10,16H,11-15,17H2,1H3. The lowest BCUT2D eigenvalue weighted by molar-refractivity contribution is -0.137. The predicted molar refractivity (Wildman–Crippen MR) is 120 cm³/mol. The number of rotatable bonds is 5. The Bertz CT molecular complexity index is 1110. The second kappa shape index (κ2) is 10.2. The van der Waals surface area contributed by atoms with Crippen molar-refractivity contribution in [1.82, 2.24) is 19.8 Å². The first-order chi connectivity index (χ1) is 16.3. The molecule has 0 radical (unpaired) electrons. The zero-order valence-electron chi connectivity index (χ0n) is 18.8. The Balaban J connectivity index is 1.25. The number of piperazine rings is 1. The van der Waals surface area contributed by atoms with Gasteiger partial charge in [0, 0.05) is 56.7 Å². The minimum atomic E-state index is -4.40. The number of ether oxygens (including phenoxy) is 1. The first-order valence-electron chi connectivity index (χ1n) is 11.0. The van der Waals surface area contributed by atoms with E-state index in [1.165, 1.54) is 6.07 Å². The highest BCUT2D eigenvalue weighted by Crippen LogP contribution is 2.28. The van der Waals surface area contributed by atoms with E-state index in [1.807, 2.05) is 25.1 Å². The molecule has 1 saturated heterocycles. The third-order valence-corrected chi connectivity index (χ3v) is 5.63. The highest BCUT2D eigenvalue weighted by Gasteiger charge is 2.30. The van der Waals surface area contributed by atoms with E-state index in [1.54, 1.807) is 29.2 Å². The average Bonchev–Trinajstić information content (AvgIpc) is 2.81. The number of hydrogen-bond acceptors (Lipinski definition) is 5. The number of hydrogen-bond donors (Lipinski definition) is 0. The van der Waals surface area contributed by atoms with Crippen molar-refractivity contribution in [3.05, 3.63) is 89.0 Å². The lowest BCUT2D eigenvalue weighted by Crippen LogP contribution is -2.49. The van der Waals surface area contributed by atoms with Crippen LogP contribution >= 0.6 is 0 Å². The molecule has 34 heavy (non-hydrogen) atoms. The van der Waals surface area contributed by atoms with E-state index in [4.69, 9.17) is 4.74 Å². The third kappa shape index (κ3) is 6.32. The Morgan fingerprint density at radius 1 is 0.971 bits per heavy atom. The molecule has 1 aliphatic heterocycles.